The number of rotatable bonds is 3. The number of phenols is 1. The Morgan fingerprint density at radius 3 is 2.67 bits per heavy atom. The quantitative estimate of drug-likeness (QED) is 0.434. The summed E-state index contributed by atoms with van der Waals surface area (Å²) in [6, 6.07) is 9.57. The Bertz CT molecular complexity index is 720. The molecule has 0 radical (unpaired) electrons. The highest BCUT2D eigenvalue weighted by Crippen LogP contribution is 2.21. The predicted molar refractivity (Wildman–Crippen MR) is 92.3 cm³/mol. The Kier molecular flexibility index (Phi) is 5.44. The summed E-state index contributed by atoms with van der Waals surface area (Å²) in [5.74, 6) is -0.379. The van der Waals surface area contributed by atoms with Gasteiger partial charge in [-0.3, -0.25) is 4.79 Å². The van der Waals surface area contributed by atoms with Crippen LogP contribution in [0.1, 0.15) is 15.9 Å². The standard InChI is InChI=1S/C14H9Cl2IN2O2/c15-10-3-1-9(11(16)6-10)7-18-19-14(21)8-2-4-12(17)13(20)5-8/h1-7,20H,(H,19,21)/b18-7+. The highest BCUT2D eigenvalue weighted by atomic mass is 127. The molecule has 0 aliphatic rings. The van der Waals surface area contributed by atoms with E-state index in [1.165, 1.54) is 12.3 Å². The van der Waals surface area contributed by atoms with Crippen molar-refractivity contribution in [1.82, 2.24) is 5.43 Å². The van der Waals surface area contributed by atoms with Crippen LogP contribution in [0.3, 0.4) is 0 Å². The van der Waals surface area contributed by atoms with Crippen LogP contribution < -0.4 is 5.43 Å². The van der Waals surface area contributed by atoms with E-state index >= 15 is 0 Å². The smallest absolute Gasteiger partial charge is 0.271 e. The maximum atomic E-state index is 11.8. The molecule has 108 valence electrons. The molecule has 2 aromatic carbocycles. The number of hydrogen-bond donors (Lipinski definition) is 2. The van der Waals surface area contributed by atoms with Crippen molar-refractivity contribution >= 4 is 57.9 Å². The monoisotopic (exact) mass is 434 g/mol. The first-order valence-corrected chi connectivity index (χ1v) is 7.58. The third-order valence-corrected chi connectivity index (χ3v) is 4.02. The van der Waals surface area contributed by atoms with Gasteiger partial charge in [-0.25, -0.2) is 5.43 Å². The van der Waals surface area contributed by atoms with Crippen molar-refractivity contribution in [2.45, 2.75) is 0 Å². The number of phenolic OH excluding ortho intramolecular Hbond substituents is 1. The first-order valence-electron chi connectivity index (χ1n) is 5.74. The van der Waals surface area contributed by atoms with Crippen LogP contribution in [0.4, 0.5) is 0 Å². The number of halogens is 3. The van der Waals surface area contributed by atoms with E-state index in [-0.39, 0.29) is 5.75 Å². The highest BCUT2D eigenvalue weighted by Gasteiger charge is 2.07. The molecule has 1 amide bonds. The van der Waals surface area contributed by atoms with Gasteiger partial charge in [0.25, 0.3) is 5.91 Å². The number of benzene rings is 2. The van der Waals surface area contributed by atoms with E-state index in [9.17, 15) is 9.90 Å². The maximum Gasteiger partial charge on any atom is 0.271 e. The van der Waals surface area contributed by atoms with E-state index in [2.05, 4.69) is 10.5 Å². The van der Waals surface area contributed by atoms with Crippen molar-refractivity contribution in [1.29, 1.82) is 0 Å². The Labute approximate surface area is 144 Å². The summed E-state index contributed by atoms with van der Waals surface area (Å²) in [6.07, 6.45) is 1.42. The summed E-state index contributed by atoms with van der Waals surface area (Å²) in [4.78, 5) is 11.8. The minimum Gasteiger partial charge on any atom is -0.507 e. The molecule has 0 unspecified atom stereocenters. The van der Waals surface area contributed by atoms with Gasteiger partial charge in [-0.15, -0.1) is 0 Å². The number of carbonyl (C=O) groups excluding carboxylic acids is 1. The molecule has 0 spiro atoms. The molecule has 21 heavy (non-hydrogen) atoms. The van der Waals surface area contributed by atoms with Crippen molar-refractivity contribution in [3.05, 3.63) is 61.1 Å². The molecular formula is C14H9Cl2IN2O2. The van der Waals surface area contributed by atoms with Crippen LogP contribution in [-0.2, 0) is 0 Å². The normalized spacial score (nSPS) is 10.8. The molecule has 7 heteroatoms. The minimum absolute atomic E-state index is 0.0491. The molecule has 2 rings (SSSR count). The summed E-state index contributed by atoms with van der Waals surface area (Å²) in [7, 11) is 0. The summed E-state index contributed by atoms with van der Waals surface area (Å²) in [5.41, 5.74) is 3.30. The number of nitrogens with zero attached hydrogens (tertiary/aromatic N) is 1. The molecular weight excluding hydrogens is 426 g/mol. The third-order valence-electron chi connectivity index (χ3n) is 2.54. The Morgan fingerprint density at radius 1 is 1.24 bits per heavy atom. The number of hydrogen-bond acceptors (Lipinski definition) is 3. The van der Waals surface area contributed by atoms with Crippen LogP contribution in [-0.4, -0.2) is 17.2 Å². The molecule has 0 atom stereocenters. The Hall–Kier alpha value is -1.31. The highest BCUT2D eigenvalue weighted by molar-refractivity contribution is 14.1. The molecule has 0 saturated heterocycles. The van der Waals surface area contributed by atoms with E-state index in [1.54, 1.807) is 30.3 Å². The number of aromatic hydroxyl groups is 1. The Morgan fingerprint density at radius 2 is 2.00 bits per heavy atom. The molecule has 0 aromatic heterocycles. The number of hydrazone groups is 1. The summed E-state index contributed by atoms with van der Waals surface area (Å²) >= 11 is 13.7. The zero-order valence-electron chi connectivity index (χ0n) is 10.5. The van der Waals surface area contributed by atoms with E-state index in [1.807, 2.05) is 22.6 Å². The molecule has 2 N–H and O–H groups in total. The zero-order valence-corrected chi connectivity index (χ0v) is 14.1. The SMILES string of the molecule is O=C(N/N=C/c1ccc(Cl)cc1Cl)c1ccc(I)c(O)c1. The van der Waals surface area contributed by atoms with Crippen molar-refractivity contribution in [2.24, 2.45) is 5.10 Å². The van der Waals surface area contributed by atoms with E-state index in [4.69, 9.17) is 23.2 Å². The van der Waals surface area contributed by atoms with Crippen LogP contribution in [0, 0.1) is 3.57 Å². The van der Waals surface area contributed by atoms with Crippen molar-refractivity contribution in [2.75, 3.05) is 0 Å². The molecule has 0 bridgehead atoms. The van der Waals surface area contributed by atoms with Gasteiger partial charge >= 0.3 is 0 Å². The largest absolute Gasteiger partial charge is 0.507 e. The number of carbonyl (C=O) groups is 1. The third kappa shape index (κ3) is 4.33. The second-order valence-corrected chi connectivity index (χ2v) is 6.04. The van der Waals surface area contributed by atoms with Gasteiger partial charge in [-0.1, -0.05) is 29.3 Å². The van der Waals surface area contributed by atoms with Gasteiger partial charge in [-0.05, 0) is 52.9 Å². The van der Waals surface area contributed by atoms with Gasteiger partial charge in [0.2, 0.25) is 0 Å². The summed E-state index contributed by atoms with van der Waals surface area (Å²) in [6.45, 7) is 0. The van der Waals surface area contributed by atoms with Crippen molar-refractivity contribution in [3.8, 4) is 5.75 Å². The first-order chi connectivity index (χ1) is 9.97. The fourth-order valence-corrected chi connectivity index (χ4v) is 2.28. The molecule has 4 nitrogen and oxygen atoms in total. The first kappa shape index (κ1) is 16.1. The van der Waals surface area contributed by atoms with E-state index in [0.717, 1.165) is 0 Å². The Balaban J connectivity index is 2.06. The minimum atomic E-state index is -0.428. The van der Waals surface area contributed by atoms with Gasteiger partial charge < -0.3 is 5.11 Å². The number of amides is 1. The van der Waals surface area contributed by atoms with Crippen LogP contribution in [0.2, 0.25) is 10.0 Å². The predicted octanol–water partition coefficient (Wildman–Crippen LogP) is 4.07. The summed E-state index contributed by atoms with van der Waals surface area (Å²) < 4.78 is 0.667. The molecule has 0 aliphatic heterocycles. The van der Waals surface area contributed by atoms with Gasteiger partial charge in [0, 0.05) is 16.1 Å². The van der Waals surface area contributed by atoms with E-state index in [0.29, 0.717) is 24.7 Å². The average Bonchev–Trinajstić information content (AvgIpc) is 2.44. The molecule has 0 saturated carbocycles. The second kappa shape index (κ2) is 7.11. The lowest BCUT2D eigenvalue weighted by atomic mass is 10.2. The lowest BCUT2D eigenvalue weighted by Crippen LogP contribution is -2.17. The molecule has 0 heterocycles. The molecule has 0 fully saturated rings. The van der Waals surface area contributed by atoms with Crippen LogP contribution in [0.5, 0.6) is 5.75 Å². The lowest BCUT2D eigenvalue weighted by Gasteiger charge is -2.02. The topological polar surface area (TPSA) is 61.7 Å². The maximum absolute atomic E-state index is 11.8. The van der Waals surface area contributed by atoms with Crippen LogP contribution in [0.25, 0.3) is 0 Å². The lowest BCUT2D eigenvalue weighted by molar-refractivity contribution is 0.0954. The van der Waals surface area contributed by atoms with Gasteiger partial charge in [0.1, 0.15) is 5.75 Å². The fraction of sp³-hybridized carbons (Fsp3) is 0. The zero-order chi connectivity index (χ0) is 15.4. The van der Waals surface area contributed by atoms with Crippen molar-refractivity contribution < 1.29 is 9.90 Å². The van der Waals surface area contributed by atoms with Crippen LogP contribution >= 0.6 is 45.8 Å². The number of nitrogens with one attached hydrogen (secondary N) is 1. The fourth-order valence-electron chi connectivity index (χ4n) is 1.49. The van der Waals surface area contributed by atoms with Gasteiger partial charge in [0.15, 0.2) is 0 Å². The summed E-state index contributed by atoms with van der Waals surface area (Å²) in [5, 5.41) is 14.3. The molecule has 2 aromatic rings. The van der Waals surface area contributed by atoms with Crippen LogP contribution in [0.15, 0.2) is 41.5 Å². The average molecular weight is 435 g/mol. The van der Waals surface area contributed by atoms with Gasteiger partial charge in [-0.2, -0.15) is 5.10 Å². The van der Waals surface area contributed by atoms with Gasteiger partial charge in [0.05, 0.1) is 14.8 Å². The second-order valence-electron chi connectivity index (χ2n) is 4.03. The molecule has 0 aliphatic carbocycles. The van der Waals surface area contributed by atoms with Crippen molar-refractivity contribution in [3.63, 3.8) is 0 Å². The van der Waals surface area contributed by atoms with E-state index < -0.39 is 5.91 Å².